The molecule has 0 saturated heterocycles. The zero-order chi connectivity index (χ0) is 23.4. The fourth-order valence-electron chi connectivity index (χ4n) is 3.60. The van der Waals surface area contributed by atoms with E-state index in [1.807, 2.05) is 20.8 Å². The number of imide groups is 1. The molecule has 32 heavy (non-hydrogen) atoms. The summed E-state index contributed by atoms with van der Waals surface area (Å²) in [5.41, 5.74) is -0.144. The number of carbonyl (C=O) groups is 3. The number of carbonyl (C=O) groups excluding carboxylic acids is 2. The highest BCUT2D eigenvalue weighted by atomic mass is 32.2. The Morgan fingerprint density at radius 1 is 0.938 bits per heavy atom. The number of benzene rings is 3. The molecule has 1 aliphatic heterocycles. The SMILES string of the molecule is CC(C)(C)c1ccc(S(=O)(=O)ON2C(=O)c3cccc4cccc(c34)C2=O)c(C(=O)O)c1. The summed E-state index contributed by atoms with van der Waals surface area (Å²) in [7, 11) is -4.83. The van der Waals surface area contributed by atoms with Crippen LogP contribution in [0.3, 0.4) is 0 Å². The van der Waals surface area contributed by atoms with Gasteiger partial charge in [0.05, 0.1) is 16.7 Å². The molecule has 3 aromatic rings. The van der Waals surface area contributed by atoms with E-state index < -0.39 is 43.8 Å². The largest absolute Gasteiger partial charge is 0.478 e. The first kappa shape index (κ1) is 21.7. The van der Waals surface area contributed by atoms with Gasteiger partial charge in [-0.3, -0.25) is 9.59 Å². The first-order chi connectivity index (χ1) is 14.9. The predicted octanol–water partition coefficient (Wildman–Crippen LogP) is 3.75. The highest BCUT2D eigenvalue weighted by molar-refractivity contribution is 7.86. The summed E-state index contributed by atoms with van der Waals surface area (Å²) in [6.45, 7) is 5.55. The van der Waals surface area contributed by atoms with Gasteiger partial charge in [0, 0.05) is 5.39 Å². The third-order valence-electron chi connectivity index (χ3n) is 5.25. The minimum Gasteiger partial charge on any atom is -0.478 e. The van der Waals surface area contributed by atoms with E-state index in [0.29, 0.717) is 16.3 Å². The van der Waals surface area contributed by atoms with Crippen LogP contribution in [-0.2, 0) is 19.8 Å². The van der Waals surface area contributed by atoms with Gasteiger partial charge in [-0.1, -0.05) is 51.1 Å². The van der Waals surface area contributed by atoms with Crippen LogP contribution in [0, 0.1) is 0 Å². The van der Waals surface area contributed by atoms with Gasteiger partial charge in [-0.05, 0) is 40.6 Å². The van der Waals surface area contributed by atoms with Crippen LogP contribution in [0.5, 0.6) is 0 Å². The van der Waals surface area contributed by atoms with Gasteiger partial charge in [-0.15, -0.1) is 9.35 Å². The third-order valence-corrected chi connectivity index (χ3v) is 6.49. The second-order valence-electron chi connectivity index (χ2n) is 8.41. The Hall–Kier alpha value is -3.56. The molecular formula is C23H19NO7S. The normalized spacial score (nSPS) is 14.2. The standard InChI is InChI=1S/C23H19NO7S/c1-23(2,3)14-10-11-18(17(12-14)22(27)28)32(29,30)31-24-20(25)15-8-4-6-13-7-5-9-16(19(13)15)21(24)26/h4-12H,1-3H3,(H,27,28). The van der Waals surface area contributed by atoms with E-state index in [4.69, 9.17) is 4.28 Å². The maximum absolute atomic E-state index is 13.0. The summed E-state index contributed by atoms with van der Waals surface area (Å²) in [4.78, 5) is 37.0. The first-order valence-corrected chi connectivity index (χ1v) is 11.1. The molecule has 0 aliphatic carbocycles. The molecule has 0 spiro atoms. The van der Waals surface area contributed by atoms with Gasteiger partial charge < -0.3 is 5.11 Å². The van der Waals surface area contributed by atoms with E-state index >= 15 is 0 Å². The zero-order valence-corrected chi connectivity index (χ0v) is 18.3. The molecule has 164 valence electrons. The van der Waals surface area contributed by atoms with Gasteiger partial charge in [0.25, 0.3) is 11.8 Å². The van der Waals surface area contributed by atoms with E-state index in [1.54, 1.807) is 24.3 Å². The number of hydrogen-bond acceptors (Lipinski definition) is 6. The number of hydrogen-bond donors (Lipinski definition) is 1. The quantitative estimate of drug-likeness (QED) is 0.598. The molecule has 0 radical (unpaired) electrons. The van der Waals surface area contributed by atoms with Crippen LogP contribution in [0.2, 0.25) is 0 Å². The van der Waals surface area contributed by atoms with Crippen LogP contribution in [0.1, 0.15) is 57.4 Å². The minimum atomic E-state index is -4.83. The lowest BCUT2D eigenvalue weighted by atomic mass is 9.86. The van der Waals surface area contributed by atoms with E-state index in [1.165, 1.54) is 24.3 Å². The number of amides is 2. The minimum absolute atomic E-state index is 0.106. The number of carboxylic acid groups (broad SMARTS) is 1. The average Bonchev–Trinajstić information content (AvgIpc) is 2.73. The van der Waals surface area contributed by atoms with Crippen molar-refractivity contribution in [2.45, 2.75) is 31.1 Å². The predicted molar refractivity (Wildman–Crippen MR) is 115 cm³/mol. The second kappa shape index (κ2) is 7.25. The molecule has 3 aromatic carbocycles. The molecular weight excluding hydrogens is 434 g/mol. The van der Waals surface area contributed by atoms with Crippen LogP contribution in [-0.4, -0.2) is 36.4 Å². The highest BCUT2D eigenvalue weighted by Crippen LogP contribution is 2.32. The lowest BCUT2D eigenvalue weighted by Crippen LogP contribution is -2.41. The molecule has 0 atom stereocenters. The Balaban J connectivity index is 1.79. The van der Waals surface area contributed by atoms with Crippen LogP contribution in [0.15, 0.2) is 59.5 Å². The Morgan fingerprint density at radius 2 is 1.50 bits per heavy atom. The van der Waals surface area contributed by atoms with E-state index in [-0.39, 0.29) is 16.2 Å². The summed E-state index contributed by atoms with van der Waals surface area (Å²) >= 11 is 0. The number of aromatic carboxylic acids is 1. The second-order valence-corrected chi connectivity index (χ2v) is 9.91. The highest BCUT2D eigenvalue weighted by Gasteiger charge is 2.38. The number of rotatable bonds is 4. The van der Waals surface area contributed by atoms with Crippen LogP contribution >= 0.6 is 0 Å². The Bertz CT molecular complexity index is 1370. The maximum atomic E-state index is 13.0. The molecule has 8 nitrogen and oxygen atoms in total. The van der Waals surface area contributed by atoms with Crippen molar-refractivity contribution < 1.29 is 32.2 Å². The van der Waals surface area contributed by atoms with Gasteiger partial charge in [-0.2, -0.15) is 8.42 Å². The van der Waals surface area contributed by atoms with Gasteiger partial charge in [0.2, 0.25) is 0 Å². The monoisotopic (exact) mass is 453 g/mol. The average molecular weight is 453 g/mol. The molecule has 4 rings (SSSR count). The summed E-state index contributed by atoms with van der Waals surface area (Å²) < 4.78 is 30.9. The summed E-state index contributed by atoms with van der Waals surface area (Å²) in [5.74, 6) is -3.39. The van der Waals surface area contributed by atoms with Gasteiger partial charge in [-0.25, -0.2) is 4.79 Å². The molecule has 0 saturated carbocycles. The van der Waals surface area contributed by atoms with Gasteiger partial charge >= 0.3 is 16.1 Å². The first-order valence-electron chi connectivity index (χ1n) is 9.65. The number of nitrogens with zero attached hydrogens (tertiary/aromatic N) is 1. The molecule has 1 heterocycles. The number of carboxylic acids is 1. The van der Waals surface area contributed by atoms with Gasteiger partial charge in [0.15, 0.2) is 0 Å². The van der Waals surface area contributed by atoms with Crippen molar-refractivity contribution in [1.29, 1.82) is 0 Å². The topological polar surface area (TPSA) is 118 Å². The molecule has 0 bridgehead atoms. The molecule has 1 N–H and O–H groups in total. The van der Waals surface area contributed by atoms with Crippen molar-refractivity contribution in [3.8, 4) is 0 Å². The molecule has 9 heteroatoms. The maximum Gasteiger partial charge on any atom is 0.337 e. The summed E-state index contributed by atoms with van der Waals surface area (Å²) in [5, 5.41) is 10.8. The Labute approximate surface area is 184 Å². The Morgan fingerprint density at radius 3 is 2.00 bits per heavy atom. The smallest absolute Gasteiger partial charge is 0.337 e. The molecule has 2 amide bonds. The Kier molecular flexibility index (Phi) is 4.91. The third kappa shape index (κ3) is 3.45. The van der Waals surface area contributed by atoms with Crippen molar-refractivity contribution in [3.63, 3.8) is 0 Å². The van der Waals surface area contributed by atoms with E-state index in [0.717, 1.165) is 6.07 Å². The van der Waals surface area contributed by atoms with Crippen molar-refractivity contribution in [3.05, 3.63) is 76.9 Å². The molecule has 0 fully saturated rings. The van der Waals surface area contributed by atoms with Crippen molar-refractivity contribution in [2.75, 3.05) is 0 Å². The lowest BCUT2D eigenvalue weighted by Gasteiger charge is -2.25. The zero-order valence-electron chi connectivity index (χ0n) is 17.4. The molecule has 0 aromatic heterocycles. The van der Waals surface area contributed by atoms with E-state index in [2.05, 4.69) is 0 Å². The fraction of sp³-hybridized carbons (Fsp3) is 0.174. The van der Waals surface area contributed by atoms with Gasteiger partial charge in [0.1, 0.15) is 4.90 Å². The van der Waals surface area contributed by atoms with Crippen molar-refractivity contribution in [1.82, 2.24) is 5.06 Å². The summed E-state index contributed by atoms with van der Waals surface area (Å²) in [6, 6.07) is 13.4. The summed E-state index contributed by atoms with van der Waals surface area (Å²) in [6.07, 6.45) is 0. The number of hydroxylamine groups is 2. The molecule has 1 aliphatic rings. The lowest BCUT2D eigenvalue weighted by molar-refractivity contribution is -0.0155. The van der Waals surface area contributed by atoms with Crippen molar-refractivity contribution >= 4 is 38.7 Å². The van der Waals surface area contributed by atoms with Crippen LogP contribution in [0.25, 0.3) is 10.8 Å². The van der Waals surface area contributed by atoms with Crippen LogP contribution < -0.4 is 0 Å². The van der Waals surface area contributed by atoms with Crippen LogP contribution in [0.4, 0.5) is 0 Å². The fourth-order valence-corrected chi connectivity index (χ4v) is 4.66. The molecule has 0 unspecified atom stereocenters. The van der Waals surface area contributed by atoms with E-state index in [9.17, 15) is 27.9 Å². The van der Waals surface area contributed by atoms with Crippen molar-refractivity contribution in [2.24, 2.45) is 0 Å².